The van der Waals surface area contributed by atoms with Crippen molar-refractivity contribution >= 4 is 0 Å². The van der Waals surface area contributed by atoms with Crippen LogP contribution < -0.4 is 0 Å². The molecule has 0 N–H and O–H groups in total. The molecule has 7 rings (SSSR count). The Labute approximate surface area is 277 Å². The summed E-state index contributed by atoms with van der Waals surface area (Å²) >= 11 is 0. The minimum absolute atomic E-state index is 0.404. The SMILES string of the molecule is C[N+]1(Cc2cccc(C[N+]3(C)CCC[C@@H]3C(c3ccccc3)c3ccccc3)c2)CCC[C@@H]1C(c1ccccc1)c1ccccc1. The molecular formula is C44H50N2+2. The van der Waals surface area contributed by atoms with E-state index in [2.05, 4.69) is 160 Å². The first-order valence-corrected chi connectivity index (χ1v) is 17.5. The Morgan fingerprint density at radius 1 is 0.457 bits per heavy atom. The van der Waals surface area contributed by atoms with Gasteiger partial charge in [0.15, 0.2) is 0 Å². The Balaban J connectivity index is 1.15. The van der Waals surface area contributed by atoms with Crippen molar-refractivity contribution in [3.63, 3.8) is 0 Å². The summed E-state index contributed by atoms with van der Waals surface area (Å²) in [6.07, 6.45) is 5.10. The van der Waals surface area contributed by atoms with E-state index in [0.29, 0.717) is 23.9 Å². The van der Waals surface area contributed by atoms with Crippen molar-refractivity contribution in [3.05, 3.63) is 179 Å². The van der Waals surface area contributed by atoms with E-state index < -0.39 is 0 Å². The largest absolute Gasteiger partial charge is 0.319 e. The summed E-state index contributed by atoms with van der Waals surface area (Å²) in [5.74, 6) is 0.807. The summed E-state index contributed by atoms with van der Waals surface area (Å²) in [6, 6.07) is 55.8. The second-order valence-corrected chi connectivity index (χ2v) is 14.6. The molecule has 0 amide bonds. The second-order valence-electron chi connectivity index (χ2n) is 14.6. The predicted molar refractivity (Wildman–Crippen MR) is 191 cm³/mol. The highest BCUT2D eigenvalue weighted by atomic mass is 15.4. The summed E-state index contributed by atoms with van der Waals surface area (Å²) < 4.78 is 2.19. The summed E-state index contributed by atoms with van der Waals surface area (Å²) in [5, 5.41) is 0. The van der Waals surface area contributed by atoms with Crippen molar-refractivity contribution in [1.82, 2.24) is 0 Å². The van der Waals surface area contributed by atoms with Gasteiger partial charge in [0.1, 0.15) is 25.2 Å². The molecule has 0 aromatic heterocycles. The van der Waals surface area contributed by atoms with Gasteiger partial charge in [-0.05, 0) is 28.3 Å². The fourth-order valence-corrected chi connectivity index (χ4v) is 9.30. The molecule has 2 saturated heterocycles. The fraction of sp³-hybridized carbons (Fsp3) is 0.318. The molecule has 5 aromatic carbocycles. The van der Waals surface area contributed by atoms with Gasteiger partial charge in [-0.2, -0.15) is 0 Å². The zero-order valence-corrected chi connectivity index (χ0v) is 27.7. The summed E-state index contributed by atoms with van der Waals surface area (Å²) in [7, 11) is 5.05. The maximum Gasteiger partial charge on any atom is 0.104 e. The molecule has 234 valence electrons. The minimum Gasteiger partial charge on any atom is -0.319 e. The normalized spacial score (nSPS) is 24.5. The molecule has 2 unspecified atom stereocenters. The topological polar surface area (TPSA) is 0 Å². The highest BCUT2D eigenvalue weighted by Gasteiger charge is 2.46. The molecule has 2 nitrogen and oxygen atoms in total. The van der Waals surface area contributed by atoms with Crippen molar-refractivity contribution in [1.29, 1.82) is 0 Å². The number of likely N-dealkylation sites (N-methyl/N-ethyl adjacent to an activating group) is 2. The van der Waals surface area contributed by atoms with Gasteiger partial charge in [-0.1, -0.05) is 140 Å². The Morgan fingerprint density at radius 3 is 1.11 bits per heavy atom. The lowest BCUT2D eigenvalue weighted by atomic mass is 9.83. The molecule has 2 aliphatic heterocycles. The molecule has 2 fully saturated rings. The van der Waals surface area contributed by atoms with Crippen LogP contribution in [0.15, 0.2) is 146 Å². The molecule has 0 saturated carbocycles. The molecule has 0 aliphatic carbocycles. The lowest BCUT2D eigenvalue weighted by Gasteiger charge is -2.41. The van der Waals surface area contributed by atoms with Gasteiger partial charge in [0.25, 0.3) is 0 Å². The first-order chi connectivity index (χ1) is 22.5. The monoisotopic (exact) mass is 606 g/mol. The fourth-order valence-electron chi connectivity index (χ4n) is 9.30. The standard InChI is InChI=1S/C44H50N2/c1-45(30-16-28-41(45)43(37-20-7-3-8-21-37)38-22-9-4-10-23-38)33-35-18-15-19-36(32-35)34-46(2)31-17-29-42(46)44(39-24-11-5-12-25-39)40-26-13-6-14-27-40/h3-15,18-27,32,41-44H,16-17,28-31,33-34H2,1-2H3/q+2/t41-,42-,45?,46?/m1/s1. The Kier molecular flexibility index (Phi) is 8.93. The second kappa shape index (κ2) is 13.4. The van der Waals surface area contributed by atoms with Crippen molar-refractivity contribution in [3.8, 4) is 0 Å². The lowest BCUT2D eigenvalue weighted by molar-refractivity contribution is -0.935. The van der Waals surface area contributed by atoms with Gasteiger partial charge in [-0.25, -0.2) is 0 Å². The molecule has 2 heteroatoms. The van der Waals surface area contributed by atoms with E-state index >= 15 is 0 Å². The van der Waals surface area contributed by atoms with Crippen molar-refractivity contribution in [2.45, 2.75) is 62.7 Å². The van der Waals surface area contributed by atoms with Crippen LogP contribution >= 0.6 is 0 Å². The highest BCUT2D eigenvalue weighted by Crippen LogP contribution is 2.43. The smallest absolute Gasteiger partial charge is 0.104 e. The number of hydrogen-bond acceptors (Lipinski definition) is 0. The molecular weight excluding hydrogens is 556 g/mol. The molecule has 4 atom stereocenters. The summed E-state index contributed by atoms with van der Waals surface area (Å²) in [5.41, 5.74) is 8.75. The van der Waals surface area contributed by atoms with Crippen LogP contribution in [0, 0.1) is 0 Å². The zero-order valence-electron chi connectivity index (χ0n) is 27.7. The number of rotatable bonds is 10. The molecule has 0 bridgehead atoms. The first kappa shape index (κ1) is 30.7. The third-order valence-electron chi connectivity index (χ3n) is 11.4. The number of benzene rings is 5. The van der Waals surface area contributed by atoms with Gasteiger partial charge in [0.2, 0.25) is 0 Å². The Bertz CT molecular complexity index is 1480. The van der Waals surface area contributed by atoms with Gasteiger partial charge in [0, 0.05) is 36.8 Å². The Morgan fingerprint density at radius 2 is 0.783 bits per heavy atom. The van der Waals surface area contributed by atoms with E-state index in [0.717, 1.165) is 22.1 Å². The first-order valence-electron chi connectivity index (χ1n) is 17.5. The lowest BCUT2D eigenvalue weighted by Crippen LogP contribution is -2.50. The van der Waals surface area contributed by atoms with Gasteiger partial charge < -0.3 is 8.97 Å². The molecule has 0 spiro atoms. The van der Waals surface area contributed by atoms with E-state index in [1.807, 2.05) is 0 Å². The van der Waals surface area contributed by atoms with Crippen molar-refractivity contribution < 1.29 is 8.97 Å². The quantitative estimate of drug-likeness (QED) is 0.139. The molecule has 5 aromatic rings. The maximum atomic E-state index is 2.55. The zero-order chi connectivity index (χ0) is 31.4. The highest BCUT2D eigenvalue weighted by molar-refractivity contribution is 5.35. The van der Waals surface area contributed by atoms with Crippen LogP contribution in [0.5, 0.6) is 0 Å². The average Bonchev–Trinajstić information content (AvgIpc) is 3.65. The number of quaternary nitrogens is 2. The van der Waals surface area contributed by atoms with E-state index in [4.69, 9.17) is 0 Å². The van der Waals surface area contributed by atoms with E-state index in [1.54, 1.807) is 0 Å². The van der Waals surface area contributed by atoms with Crippen LogP contribution in [0.1, 0.15) is 70.9 Å². The number of nitrogens with zero attached hydrogens (tertiary/aromatic N) is 2. The average molecular weight is 607 g/mol. The van der Waals surface area contributed by atoms with Crippen LogP contribution in [-0.4, -0.2) is 48.2 Å². The van der Waals surface area contributed by atoms with Crippen molar-refractivity contribution in [2.24, 2.45) is 0 Å². The molecule has 2 aliphatic rings. The van der Waals surface area contributed by atoms with Crippen molar-refractivity contribution in [2.75, 3.05) is 27.2 Å². The summed E-state index contributed by atoms with van der Waals surface area (Å²) in [6.45, 7) is 4.63. The Hall–Kier alpha value is -3.98. The third kappa shape index (κ3) is 6.34. The van der Waals surface area contributed by atoms with Crippen LogP contribution in [-0.2, 0) is 13.1 Å². The summed E-state index contributed by atoms with van der Waals surface area (Å²) in [4.78, 5) is 0. The number of hydrogen-bond donors (Lipinski definition) is 0. The van der Waals surface area contributed by atoms with E-state index in [1.165, 1.54) is 72.2 Å². The predicted octanol–water partition coefficient (Wildman–Crippen LogP) is 9.57. The van der Waals surface area contributed by atoms with Gasteiger partial charge in [-0.15, -0.1) is 0 Å². The van der Waals surface area contributed by atoms with Gasteiger partial charge in [0.05, 0.1) is 39.0 Å². The van der Waals surface area contributed by atoms with Gasteiger partial charge in [-0.3, -0.25) is 0 Å². The van der Waals surface area contributed by atoms with Crippen LogP contribution in [0.25, 0.3) is 0 Å². The maximum absolute atomic E-state index is 2.55. The molecule has 46 heavy (non-hydrogen) atoms. The van der Waals surface area contributed by atoms with Crippen LogP contribution in [0.3, 0.4) is 0 Å². The van der Waals surface area contributed by atoms with E-state index in [-0.39, 0.29) is 0 Å². The molecule has 2 heterocycles. The third-order valence-corrected chi connectivity index (χ3v) is 11.4. The van der Waals surface area contributed by atoms with Crippen LogP contribution in [0.4, 0.5) is 0 Å². The molecule has 0 radical (unpaired) electrons. The van der Waals surface area contributed by atoms with Gasteiger partial charge >= 0.3 is 0 Å². The minimum atomic E-state index is 0.404. The van der Waals surface area contributed by atoms with E-state index in [9.17, 15) is 0 Å². The number of likely N-dealkylation sites (tertiary alicyclic amines) is 2. The van der Waals surface area contributed by atoms with Crippen LogP contribution in [0.2, 0.25) is 0 Å².